The Labute approximate surface area is 167 Å². The topological polar surface area (TPSA) is 77.0 Å². The Balaban J connectivity index is 1.90. The normalized spacial score (nSPS) is 15.9. The van der Waals surface area contributed by atoms with E-state index in [2.05, 4.69) is 37.8 Å². The summed E-state index contributed by atoms with van der Waals surface area (Å²) in [6.07, 6.45) is 1.84. The van der Waals surface area contributed by atoms with Crippen molar-refractivity contribution in [1.82, 2.24) is 14.9 Å². The summed E-state index contributed by atoms with van der Waals surface area (Å²) in [5.41, 5.74) is 2.42. The predicted molar refractivity (Wildman–Crippen MR) is 113 cm³/mol. The molecule has 2 N–H and O–H groups in total. The molecule has 1 aromatic rings. The molecule has 27 heavy (non-hydrogen) atoms. The summed E-state index contributed by atoms with van der Waals surface area (Å²) in [5.74, 6) is 0.888. The summed E-state index contributed by atoms with van der Waals surface area (Å²) >= 11 is 6.16. The van der Waals surface area contributed by atoms with Crippen LogP contribution in [0.5, 0.6) is 0 Å². The fourth-order valence-corrected chi connectivity index (χ4v) is 3.71. The van der Waals surface area contributed by atoms with Gasteiger partial charge in [0.1, 0.15) is 0 Å². The van der Waals surface area contributed by atoms with E-state index in [9.17, 15) is 8.42 Å². The van der Waals surface area contributed by atoms with Crippen LogP contribution in [-0.2, 0) is 10.0 Å². The van der Waals surface area contributed by atoms with E-state index in [1.165, 1.54) is 17.5 Å². The second-order valence-corrected chi connectivity index (χ2v) is 8.93. The van der Waals surface area contributed by atoms with E-state index in [1.807, 2.05) is 19.1 Å². The van der Waals surface area contributed by atoms with Gasteiger partial charge in [-0.1, -0.05) is 17.7 Å². The number of halogens is 1. The molecule has 1 saturated heterocycles. The van der Waals surface area contributed by atoms with Crippen LogP contribution in [0.25, 0.3) is 0 Å². The lowest BCUT2D eigenvalue weighted by Gasteiger charge is -2.38. The third-order valence-electron chi connectivity index (χ3n) is 4.39. The number of aliphatic imine (C=N–C) groups is 1. The number of sulfonamides is 1. The van der Waals surface area contributed by atoms with Crippen molar-refractivity contribution in [2.24, 2.45) is 4.99 Å². The van der Waals surface area contributed by atoms with Crippen LogP contribution in [0.3, 0.4) is 0 Å². The van der Waals surface area contributed by atoms with Gasteiger partial charge < -0.3 is 15.1 Å². The van der Waals surface area contributed by atoms with Gasteiger partial charge in [-0.2, -0.15) is 0 Å². The molecule has 0 spiro atoms. The highest BCUT2D eigenvalue weighted by Crippen LogP contribution is 2.25. The van der Waals surface area contributed by atoms with Gasteiger partial charge >= 0.3 is 0 Å². The van der Waals surface area contributed by atoms with Crippen LogP contribution in [0.2, 0.25) is 5.02 Å². The van der Waals surface area contributed by atoms with Crippen molar-refractivity contribution in [3.8, 4) is 0 Å². The number of nitrogens with zero attached hydrogens (tertiary/aromatic N) is 3. The van der Waals surface area contributed by atoms with Crippen molar-refractivity contribution in [1.29, 1.82) is 0 Å². The molecule has 2 rings (SSSR count). The Morgan fingerprint density at radius 1 is 1.26 bits per heavy atom. The fraction of sp³-hybridized carbons (Fsp3) is 0.611. The van der Waals surface area contributed by atoms with Gasteiger partial charge in [0.25, 0.3) is 0 Å². The van der Waals surface area contributed by atoms with Gasteiger partial charge in [0.05, 0.1) is 6.26 Å². The highest BCUT2D eigenvalue weighted by molar-refractivity contribution is 7.88. The largest absolute Gasteiger partial charge is 0.368 e. The second kappa shape index (κ2) is 10.1. The maximum atomic E-state index is 11.1. The third-order valence-corrected chi connectivity index (χ3v) is 5.35. The van der Waals surface area contributed by atoms with Crippen LogP contribution in [0.4, 0.5) is 5.69 Å². The van der Waals surface area contributed by atoms with E-state index in [4.69, 9.17) is 11.6 Å². The van der Waals surface area contributed by atoms with Gasteiger partial charge in [-0.05, 0) is 38.0 Å². The second-order valence-electron chi connectivity index (χ2n) is 6.66. The quantitative estimate of drug-likeness (QED) is 0.402. The fourth-order valence-electron chi connectivity index (χ4n) is 3.03. The van der Waals surface area contributed by atoms with E-state index >= 15 is 0 Å². The zero-order chi connectivity index (χ0) is 19.9. The summed E-state index contributed by atoms with van der Waals surface area (Å²) in [6.45, 7) is 9.50. The van der Waals surface area contributed by atoms with Gasteiger partial charge in [-0.25, -0.2) is 13.1 Å². The van der Waals surface area contributed by atoms with Gasteiger partial charge in [-0.15, -0.1) is 0 Å². The summed E-state index contributed by atoms with van der Waals surface area (Å²) in [4.78, 5) is 9.26. The number of hydrogen-bond acceptors (Lipinski definition) is 4. The van der Waals surface area contributed by atoms with Crippen LogP contribution in [0.1, 0.15) is 18.9 Å². The van der Waals surface area contributed by atoms with Crippen LogP contribution < -0.4 is 14.9 Å². The van der Waals surface area contributed by atoms with Crippen molar-refractivity contribution >= 4 is 33.3 Å². The molecule has 0 amide bonds. The zero-order valence-electron chi connectivity index (χ0n) is 16.3. The number of rotatable bonds is 7. The van der Waals surface area contributed by atoms with E-state index in [0.29, 0.717) is 19.5 Å². The summed E-state index contributed by atoms with van der Waals surface area (Å²) < 4.78 is 24.7. The molecule has 0 bridgehead atoms. The first-order valence-electron chi connectivity index (χ1n) is 9.29. The van der Waals surface area contributed by atoms with Crippen molar-refractivity contribution in [2.75, 3.05) is 57.0 Å². The van der Waals surface area contributed by atoms with Crippen LogP contribution in [0.15, 0.2) is 23.2 Å². The standard InChI is InChI=1S/C18H30ClN5O2S/c1-4-20-18(21-8-5-9-22-27(3,25)26)24-12-10-23(11-13-24)17-14-16(19)7-6-15(17)2/h6-7,14,22H,4-5,8-13H2,1-3H3,(H,20,21). The molecule has 1 aliphatic rings. The first-order chi connectivity index (χ1) is 12.8. The highest BCUT2D eigenvalue weighted by Gasteiger charge is 2.20. The average Bonchev–Trinajstić information content (AvgIpc) is 2.62. The maximum absolute atomic E-state index is 11.1. The molecule has 0 saturated carbocycles. The molecule has 0 aliphatic carbocycles. The highest BCUT2D eigenvalue weighted by atomic mass is 35.5. The first kappa shape index (κ1) is 21.8. The minimum Gasteiger partial charge on any atom is -0.368 e. The molecule has 0 unspecified atom stereocenters. The molecule has 152 valence electrons. The Kier molecular flexibility index (Phi) is 8.19. The Morgan fingerprint density at radius 3 is 2.59 bits per heavy atom. The third kappa shape index (κ3) is 7.20. The molecule has 1 heterocycles. The summed E-state index contributed by atoms with van der Waals surface area (Å²) in [5, 5.41) is 4.09. The van der Waals surface area contributed by atoms with Crippen LogP contribution >= 0.6 is 11.6 Å². The van der Waals surface area contributed by atoms with Crippen molar-refractivity contribution < 1.29 is 8.42 Å². The lowest BCUT2D eigenvalue weighted by atomic mass is 10.1. The minimum atomic E-state index is -3.13. The molecule has 1 fully saturated rings. The molecule has 7 nitrogen and oxygen atoms in total. The molecule has 1 aliphatic heterocycles. The predicted octanol–water partition coefficient (Wildman–Crippen LogP) is 1.68. The van der Waals surface area contributed by atoms with E-state index < -0.39 is 10.0 Å². The van der Waals surface area contributed by atoms with Crippen LogP contribution in [0, 0.1) is 6.92 Å². The maximum Gasteiger partial charge on any atom is 0.208 e. The SMILES string of the molecule is CCNC(=NCCCNS(C)(=O)=O)N1CCN(c2cc(Cl)ccc2C)CC1. The lowest BCUT2D eigenvalue weighted by Crippen LogP contribution is -2.52. The molecule has 1 aromatic carbocycles. The Morgan fingerprint density at radius 2 is 1.96 bits per heavy atom. The van der Waals surface area contributed by atoms with Crippen molar-refractivity contribution in [3.63, 3.8) is 0 Å². The number of anilines is 1. The number of aryl methyl sites for hydroxylation is 1. The van der Waals surface area contributed by atoms with Crippen LogP contribution in [-0.4, -0.2) is 71.3 Å². The molecular formula is C18H30ClN5O2S. The lowest BCUT2D eigenvalue weighted by molar-refractivity contribution is 0.372. The average molecular weight is 416 g/mol. The number of nitrogens with one attached hydrogen (secondary N) is 2. The summed E-state index contributed by atoms with van der Waals surface area (Å²) in [7, 11) is -3.13. The van der Waals surface area contributed by atoms with Crippen molar-refractivity contribution in [3.05, 3.63) is 28.8 Å². The monoisotopic (exact) mass is 415 g/mol. The van der Waals surface area contributed by atoms with Gasteiger partial charge in [0, 0.05) is 56.5 Å². The zero-order valence-corrected chi connectivity index (χ0v) is 17.9. The van der Waals surface area contributed by atoms with E-state index in [0.717, 1.165) is 43.7 Å². The molecule has 9 heteroatoms. The number of guanidine groups is 1. The van der Waals surface area contributed by atoms with Gasteiger partial charge in [0.15, 0.2) is 5.96 Å². The van der Waals surface area contributed by atoms with Gasteiger partial charge in [0.2, 0.25) is 10.0 Å². The Bertz CT molecular complexity index is 746. The van der Waals surface area contributed by atoms with E-state index in [1.54, 1.807) is 0 Å². The molecule has 0 atom stereocenters. The molecular weight excluding hydrogens is 386 g/mol. The van der Waals surface area contributed by atoms with Gasteiger partial charge in [-0.3, -0.25) is 4.99 Å². The summed E-state index contributed by atoms with van der Waals surface area (Å²) in [6, 6.07) is 6.01. The smallest absolute Gasteiger partial charge is 0.208 e. The molecule has 0 radical (unpaired) electrons. The number of hydrogen-bond donors (Lipinski definition) is 2. The molecule has 0 aromatic heterocycles. The Hall–Kier alpha value is -1.51. The first-order valence-corrected chi connectivity index (χ1v) is 11.6. The number of benzene rings is 1. The number of piperazine rings is 1. The minimum absolute atomic E-state index is 0.406. The van der Waals surface area contributed by atoms with Crippen molar-refractivity contribution in [2.45, 2.75) is 20.3 Å². The van der Waals surface area contributed by atoms with E-state index in [-0.39, 0.29) is 0 Å².